The van der Waals surface area contributed by atoms with Gasteiger partial charge < -0.3 is 0 Å². The summed E-state index contributed by atoms with van der Waals surface area (Å²) in [6.07, 6.45) is 0. The molecule has 0 saturated carbocycles. The zero-order chi connectivity index (χ0) is 19.3. The predicted octanol–water partition coefficient (Wildman–Crippen LogP) is 7.64. The summed E-state index contributed by atoms with van der Waals surface area (Å²) >= 11 is 0. The molecule has 0 spiro atoms. The molecule has 136 valence electrons. The molecule has 0 saturated heterocycles. The summed E-state index contributed by atoms with van der Waals surface area (Å²) in [5, 5.41) is 0. The first-order chi connectivity index (χ1) is 13.6. The van der Waals surface area contributed by atoms with E-state index >= 15 is 0 Å². The molecule has 28 heavy (non-hydrogen) atoms. The summed E-state index contributed by atoms with van der Waals surface area (Å²) in [6.45, 7) is 6.82. The fraction of sp³-hybridized carbons (Fsp3) is 0.143. The lowest BCUT2D eigenvalue weighted by Crippen LogP contribution is -2.14. The van der Waals surface area contributed by atoms with Crippen LogP contribution in [0.3, 0.4) is 0 Å². The maximum Gasteiger partial charge on any atom is 0.0159 e. The van der Waals surface area contributed by atoms with E-state index in [1.54, 1.807) is 0 Å². The second-order valence-electron chi connectivity index (χ2n) is 8.34. The Morgan fingerprint density at radius 1 is 0.500 bits per heavy atom. The van der Waals surface area contributed by atoms with Crippen molar-refractivity contribution < 1.29 is 0 Å². The van der Waals surface area contributed by atoms with Crippen LogP contribution >= 0.6 is 0 Å². The van der Waals surface area contributed by atoms with Crippen molar-refractivity contribution in [1.82, 2.24) is 0 Å². The number of hydrogen-bond acceptors (Lipinski definition) is 0. The molecule has 0 fully saturated rings. The molecule has 1 aliphatic rings. The smallest absolute Gasteiger partial charge is 0.0159 e. The van der Waals surface area contributed by atoms with Crippen molar-refractivity contribution in [2.24, 2.45) is 0 Å². The summed E-state index contributed by atoms with van der Waals surface area (Å²) < 4.78 is 0. The third-order valence-corrected chi connectivity index (χ3v) is 6.18. The first-order valence-electron chi connectivity index (χ1n) is 9.96. The molecule has 0 heteroatoms. The van der Waals surface area contributed by atoms with Crippen LogP contribution in [-0.2, 0) is 5.41 Å². The topological polar surface area (TPSA) is 0 Å². The van der Waals surface area contributed by atoms with Gasteiger partial charge in [0.05, 0.1) is 0 Å². The normalized spacial score (nSPS) is 13.8. The summed E-state index contributed by atoms with van der Waals surface area (Å²) in [7, 11) is 0. The lowest BCUT2D eigenvalue weighted by atomic mass is 9.81. The van der Waals surface area contributed by atoms with E-state index in [0.29, 0.717) is 0 Å². The van der Waals surface area contributed by atoms with Crippen molar-refractivity contribution in [3.05, 3.63) is 108 Å². The van der Waals surface area contributed by atoms with Crippen molar-refractivity contribution in [3.63, 3.8) is 0 Å². The largest absolute Gasteiger partial charge is 0.0619 e. The molecule has 0 aliphatic heterocycles. The number of aryl methyl sites for hydroxylation is 1. The standard InChI is InChI=1S/C28H24/c1-19-12-14-20(15-13-19)22-8-4-5-9-23(22)21-16-17-25-24-10-6-7-11-26(24)28(2,3)27(25)18-21/h4-18H,1-3H3. The highest BCUT2D eigenvalue weighted by Gasteiger charge is 2.35. The first-order valence-corrected chi connectivity index (χ1v) is 9.96. The van der Waals surface area contributed by atoms with E-state index in [2.05, 4.69) is 112 Å². The van der Waals surface area contributed by atoms with E-state index in [1.807, 2.05) is 0 Å². The molecule has 0 unspecified atom stereocenters. The molecule has 0 bridgehead atoms. The highest BCUT2D eigenvalue weighted by molar-refractivity contribution is 5.88. The van der Waals surface area contributed by atoms with Crippen molar-refractivity contribution in [2.75, 3.05) is 0 Å². The second-order valence-corrected chi connectivity index (χ2v) is 8.34. The first kappa shape index (κ1) is 17.0. The Kier molecular flexibility index (Phi) is 3.77. The molecule has 0 amide bonds. The maximum absolute atomic E-state index is 2.41. The lowest BCUT2D eigenvalue weighted by Gasteiger charge is -2.22. The molecular formula is C28H24. The zero-order valence-electron chi connectivity index (χ0n) is 16.7. The monoisotopic (exact) mass is 360 g/mol. The molecule has 4 aromatic carbocycles. The Bertz CT molecular complexity index is 1180. The average Bonchev–Trinajstić information content (AvgIpc) is 2.96. The molecule has 0 aromatic heterocycles. The van der Waals surface area contributed by atoms with E-state index in [0.717, 1.165) is 0 Å². The summed E-state index contributed by atoms with van der Waals surface area (Å²) in [6, 6.07) is 33.4. The molecule has 0 atom stereocenters. The number of fused-ring (bicyclic) bond motifs is 3. The van der Waals surface area contributed by atoms with E-state index in [9.17, 15) is 0 Å². The lowest BCUT2D eigenvalue weighted by molar-refractivity contribution is 0.660. The van der Waals surface area contributed by atoms with Crippen LogP contribution in [0.4, 0.5) is 0 Å². The molecule has 0 nitrogen and oxygen atoms in total. The van der Waals surface area contributed by atoms with Gasteiger partial charge >= 0.3 is 0 Å². The van der Waals surface area contributed by atoms with Gasteiger partial charge in [-0.25, -0.2) is 0 Å². The Hall–Kier alpha value is -3.12. The predicted molar refractivity (Wildman–Crippen MR) is 120 cm³/mol. The molecule has 0 heterocycles. The van der Waals surface area contributed by atoms with Gasteiger partial charge in [0.15, 0.2) is 0 Å². The van der Waals surface area contributed by atoms with Gasteiger partial charge in [0.25, 0.3) is 0 Å². The van der Waals surface area contributed by atoms with E-state index in [-0.39, 0.29) is 5.41 Å². The molecule has 1 aliphatic carbocycles. The van der Waals surface area contributed by atoms with Crippen LogP contribution in [-0.4, -0.2) is 0 Å². The van der Waals surface area contributed by atoms with Gasteiger partial charge in [-0.3, -0.25) is 0 Å². The fourth-order valence-corrected chi connectivity index (χ4v) is 4.59. The van der Waals surface area contributed by atoms with Gasteiger partial charge in [0, 0.05) is 5.41 Å². The minimum absolute atomic E-state index is 0.0285. The summed E-state index contributed by atoms with van der Waals surface area (Å²) in [5.74, 6) is 0. The van der Waals surface area contributed by atoms with Crippen LogP contribution in [0.1, 0.15) is 30.5 Å². The van der Waals surface area contributed by atoms with Gasteiger partial charge in [-0.1, -0.05) is 104 Å². The zero-order valence-corrected chi connectivity index (χ0v) is 16.7. The highest BCUT2D eigenvalue weighted by Crippen LogP contribution is 2.49. The van der Waals surface area contributed by atoms with Crippen LogP contribution in [0, 0.1) is 6.92 Å². The number of hydrogen-bond donors (Lipinski definition) is 0. The number of rotatable bonds is 2. The van der Waals surface area contributed by atoms with Crippen LogP contribution in [0.25, 0.3) is 33.4 Å². The van der Waals surface area contributed by atoms with Crippen LogP contribution < -0.4 is 0 Å². The van der Waals surface area contributed by atoms with Gasteiger partial charge in [-0.05, 0) is 57.5 Å². The maximum atomic E-state index is 2.41. The molecule has 5 rings (SSSR count). The summed E-state index contributed by atoms with van der Waals surface area (Å²) in [4.78, 5) is 0. The van der Waals surface area contributed by atoms with Gasteiger partial charge in [0.2, 0.25) is 0 Å². The second kappa shape index (κ2) is 6.21. The van der Waals surface area contributed by atoms with Crippen LogP contribution in [0.15, 0.2) is 91.0 Å². The number of benzene rings is 4. The average molecular weight is 361 g/mol. The van der Waals surface area contributed by atoms with Crippen molar-refractivity contribution >= 4 is 0 Å². The Balaban J connectivity index is 1.68. The van der Waals surface area contributed by atoms with Crippen molar-refractivity contribution in [3.8, 4) is 33.4 Å². The minimum atomic E-state index is 0.0285. The molecule has 0 N–H and O–H groups in total. The van der Waals surface area contributed by atoms with Crippen molar-refractivity contribution in [1.29, 1.82) is 0 Å². The minimum Gasteiger partial charge on any atom is -0.0619 e. The van der Waals surface area contributed by atoms with Gasteiger partial charge in [-0.2, -0.15) is 0 Å². The fourth-order valence-electron chi connectivity index (χ4n) is 4.59. The third-order valence-electron chi connectivity index (χ3n) is 6.18. The SMILES string of the molecule is Cc1ccc(-c2ccccc2-c2ccc3c(c2)C(C)(C)c2ccccc2-3)cc1. The van der Waals surface area contributed by atoms with Crippen LogP contribution in [0.5, 0.6) is 0 Å². The Morgan fingerprint density at radius 3 is 1.75 bits per heavy atom. The van der Waals surface area contributed by atoms with Crippen LogP contribution in [0.2, 0.25) is 0 Å². The Labute approximate surface area is 167 Å². The Morgan fingerprint density at radius 2 is 1.04 bits per heavy atom. The quantitative estimate of drug-likeness (QED) is 0.344. The molecule has 0 radical (unpaired) electrons. The van der Waals surface area contributed by atoms with Gasteiger partial charge in [0.1, 0.15) is 0 Å². The van der Waals surface area contributed by atoms with Crippen molar-refractivity contribution in [2.45, 2.75) is 26.2 Å². The molecule has 4 aromatic rings. The van der Waals surface area contributed by atoms with Gasteiger partial charge in [-0.15, -0.1) is 0 Å². The summed E-state index contributed by atoms with van der Waals surface area (Å²) in [5.41, 5.74) is 12.0. The van der Waals surface area contributed by atoms with E-state index in [4.69, 9.17) is 0 Å². The van der Waals surface area contributed by atoms with E-state index < -0.39 is 0 Å². The third kappa shape index (κ3) is 2.52. The highest BCUT2D eigenvalue weighted by atomic mass is 14.4. The molecular weight excluding hydrogens is 336 g/mol. The van der Waals surface area contributed by atoms with E-state index in [1.165, 1.54) is 50.1 Å².